The number of hydrogen-bond acceptors (Lipinski definition) is 2. The summed E-state index contributed by atoms with van der Waals surface area (Å²) in [6.07, 6.45) is 2.36. The summed E-state index contributed by atoms with van der Waals surface area (Å²) in [5.74, 6) is 0.0116. The highest BCUT2D eigenvalue weighted by atomic mass is 79.9. The molecule has 2 rings (SSSR count). The Kier molecular flexibility index (Phi) is 6.12. The number of nitrogens with one attached hydrogen (secondary N) is 2. The maximum absolute atomic E-state index is 12.0. The second-order valence-electron chi connectivity index (χ2n) is 4.42. The molecule has 0 aromatic heterocycles. The number of amides is 1. The van der Waals surface area contributed by atoms with E-state index < -0.39 is 0 Å². The summed E-state index contributed by atoms with van der Waals surface area (Å²) in [6, 6.07) is 6.13. The summed E-state index contributed by atoms with van der Waals surface area (Å²) in [4.78, 5) is 12.0. The van der Waals surface area contributed by atoms with Crippen LogP contribution >= 0.6 is 28.3 Å². The Bertz CT molecular complexity index is 419. The predicted molar refractivity (Wildman–Crippen MR) is 79.5 cm³/mol. The van der Waals surface area contributed by atoms with E-state index >= 15 is 0 Å². The lowest BCUT2D eigenvalue weighted by Crippen LogP contribution is -2.37. The largest absolute Gasteiger partial charge is 0.350 e. The van der Waals surface area contributed by atoms with Gasteiger partial charge in [-0.05, 0) is 44.0 Å². The smallest absolute Gasteiger partial charge is 0.251 e. The Morgan fingerprint density at radius 3 is 3.00 bits per heavy atom. The molecule has 1 aromatic carbocycles. The Morgan fingerprint density at radius 1 is 1.56 bits per heavy atom. The van der Waals surface area contributed by atoms with Crippen molar-refractivity contribution >= 4 is 34.2 Å². The molecule has 2 N–H and O–H groups in total. The lowest BCUT2D eigenvalue weighted by Gasteiger charge is -2.13. The van der Waals surface area contributed by atoms with E-state index in [1.54, 1.807) is 0 Å². The first-order valence-electron chi connectivity index (χ1n) is 5.95. The molecule has 0 bridgehead atoms. The van der Waals surface area contributed by atoms with Gasteiger partial charge in [-0.25, -0.2) is 0 Å². The molecule has 1 fully saturated rings. The molecular weight excluding hydrogens is 316 g/mol. The van der Waals surface area contributed by atoms with Crippen molar-refractivity contribution < 1.29 is 4.79 Å². The van der Waals surface area contributed by atoms with Crippen LogP contribution in [0.2, 0.25) is 0 Å². The van der Waals surface area contributed by atoms with Crippen LogP contribution in [0.15, 0.2) is 22.7 Å². The average Bonchev–Trinajstić information content (AvgIpc) is 2.82. The van der Waals surface area contributed by atoms with Crippen molar-refractivity contribution in [2.75, 3.05) is 13.1 Å². The highest BCUT2D eigenvalue weighted by molar-refractivity contribution is 9.10. The van der Waals surface area contributed by atoms with Gasteiger partial charge in [-0.2, -0.15) is 0 Å². The van der Waals surface area contributed by atoms with E-state index in [1.807, 2.05) is 25.1 Å². The molecule has 18 heavy (non-hydrogen) atoms. The maximum Gasteiger partial charge on any atom is 0.251 e. The fourth-order valence-corrected chi connectivity index (χ4v) is 2.46. The van der Waals surface area contributed by atoms with Gasteiger partial charge in [-0.3, -0.25) is 4.79 Å². The monoisotopic (exact) mass is 332 g/mol. The van der Waals surface area contributed by atoms with Crippen molar-refractivity contribution in [2.24, 2.45) is 0 Å². The van der Waals surface area contributed by atoms with Crippen molar-refractivity contribution in [1.82, 2.24) is 10.6 Å². The molecule has 3 nitrogen and oxygen atoms in total. The van der Waals surface area contributed by atoms with Crippen molar-refractivity contribution in [3.63, 3.8) is 0 Å². The molecule has 1 atom stereocenters. The first-order valence-corrected chi connectivity index (χ1v) is 6.74. The van der Waals surface area contributed by atoms with Crippen LogP contribution in [-0.4, -0.2) is 25.0 Å². The van der Waals surface area contributed by atoms with E-state index in [4.69, 9.17) is 0 Å². The Morgan fingerprint density at radius 2 is 2.33 bits per heavy atom. The summed E-state index contributed by atoms with van der Waals surface area (Å²) in [5, 5.41) is 6.35. The van der Waals surface area contributed by atoms with Gasteiger partial charge >= 0.3 is 0 Å². The second kappa shape index (κ2) is 7.12. The highest BCUT2D eigenvalue weighted by Crippen LogP contribution is 2.19. The Hall–Kier alpha value is -0.580. The fourth-order valence-electron chi connectivity index (χ4n) is 2.10. The van der Waals surface area contributed by atoms with Crippen LogP contribution in [0.3, 0.4) is 0 Å². The van der Waals surface area contributed by atoms with Crippen LogP contribution in [0.4, 0.5) is 0 Å². The number of benzene rings is 1. The summed E-state index contributed by atoms with van der Waals surface area (Å²) < 4.78 is 0.976. The van der Waals surface area contributed by atoms with E-state index in [0.717, 1.165) is 28.6 Å². The molecule has 1 saturated heterocycles. The third kappa shape index (κ3) is 3.70. The maximum atomic E-state index is 12.0. The number of hydrogen-bond donors (Lipinski definition) is 2. The molecule has 5 heteroatoms. The SMILES string of the molecule is Cc1c(Br)cccc1C(=O)NCC1CCCN1.Cl. The summed E-state index contributed by atoms with van der Waals surface area (Å²) in [6.45, 7) is 3.73. The Balaban J connectivity index is 0.00000162. The van der Waals surface area contributed by atoms with E-state index in [0.29, 0.717) is 12.6 Å². The van der Waals surface area contributed by atoms with Gasteiger partial charge in [0, 0.05) is 22.6 Å². The zero-order chi connectivity index (χ0) is 12.3. The molecule has 100 valence electrons. The number of carbonyl (C=O) groups is 1. The fraction of sp³-hybridized carbons (Fsp3) is 0.462. The lowest BCUT2D eigenvalue weighted by molar-refractivity contribution is 0.0949. The van der Waals surface area contributed by atoms with Crippen molar-refractivity contribution in [3.05, 3.63) is 33.8 Å². The first kappa shape index (κ1) is 15.5. The van der Waals surface area contributed by atoms with Gasteiger partial charge in [-0.15, -0.1) is 12.4 Å². The zero-order valence-corrected chi connectivity index (χ0v) is 12.7. The van der Waals surface area contributed by atoms with E-state index in [2.05, 4.69) is 26.6 Å². The van der Waals surface area contributed by atoms with Gasteiger partial charge in [0.15, 0.2) is 0 Å². The normalized spacial score (nSPS) is 18.2. The highest BCUT2D eigenvalue weighted by Gasteiger charge is 2.16. The minimum atomic E-state index is 0. The standard InChI is InChI=1S/C13H17BrN2O.ClH/c1-9-11(5-2-6-12(9)14)13(17)16-8-10-4-3-7-15-10;/h2,5-6,10,15H,3-4,7-8H2,1H3,(H,16,17);1H. The zero-order valence-electron chi connectivity index (χ0n) is 10.3. The molecule has 0 saturated carbocycles. The van der Waals surface area contributed by atoms with Gasteiger partial charge in [0.2, 0.25) is 0 Å². The van der Waals surface area contributed by atoms with Crippen molar-refractivity contribution in [1.29, 1.82) is 0 Å². The molecule has 1 aliphatic rings. The molecule has 1 unspecified atom stereocenters. The number of carbonyl (C=O) groups excluding carboxylic acids is 1. The van der Waals surface area contributed by atoms with Crippen molar-refractivity contribution in [3.8, 4) is 0 Å². The predicted octanol–water partition coefficient (Wildman–Crippen LogP) is 2.66. The molecule has 1 heterocycles. The number of halogens is 2. The van der Waals surface area contributed by atoms with Gasteiger partial charge < -0.3 is 10.6 Å². The number of rotatable bonds is 3. The molecular formula is C13H18BrClN2O. The van der Waals surface area contributed by atoms with Crippen molar-refractivity contribution in [2.45, 2.75) is 25.8 Å². The molecule has 1 amide bonds. The van der Waals surface area contributed by atoms with Crippen LogP contribution < -0.4 is 10.6 Å². The topological polar surface area (TPSA) is 41.1 Å². The molecule has 0 radical (unpaired) electrons. The van der Waals surface area contributed by atoms with Crippen LogP contribution in [-0.2, 0) is 0 Å². The lowest BCUT2D eigenvalue weighted by atomic mass is 10.1. The van der Waals surface area contributed by atoms with E-state index in [9.17, 15) is 4.79 Å². The third-order valence-corrected chi connectivity index (χ3v) is 4.04. The third-order valence-electron chi connectivity index (χ3n) is 3.18. The minimum absolute atomic E-state index is 0. The summed E-state index contributed by atoms with van der Waals surface area (Å²) in [7, 11) is 0. The van der Waals surface area contributed by atoms with Crippen LogP contribution in [0.5, 0.6) is 0 Å². The summed E-state index contributed by atoms with van der Waals surface area (Å²) >= 11 is 3.44. The molecule has 1 aliphatic heterocycles. The van der Waals surface area contributed by atoms with Crippen LogP contribution in [0, 0.1) is 6.92 Å². The van der Waals surface area contributed by atoms with Crippen LogP contribution in [0.1, 0.15) is 28.8 Å². The van der Waals surface area contributed by atoms with Crippen LogP contribution in [0.25, 0.3) is 0 Å². The van der Waals surface area contributed by atoms with Gasteiger partial charge in [-0.1, -0.05) is 22.0 Å². The van der Waals surface area contributed by atoms with Gasteiger partial charge in [0.25, 0.3) is 5.91 Å². The van der Waals surface area contributed by atoms with E-state index in [1.165, 1.54) is 6.42 Å². The average molecular weight is 334 g/mol. The second-order valence-corrected chi connectivity index (χ2v) is 5.27. The first-order chi connectivity index (χ1) is 8.18. The molecule has 0 spiro atoms. The van der Waals surface area contributed by atoms with E-state index in [-0.39, 0.29) is 18.3 Å². The summed E-state index contributed by atoms with van der Waals surface area (Å²) in [5.41, 5.74) is 1.74. The van der Waals surface area contributed by atoms with Gasteiger partial charge in [0.05, 0.1) is 0 Å². The van der Waals surface area contributed by atoms with Gasteiger partial charge in [0.1, 0.15) is 0 Å². The Labute approximate surface area is 122 Å². The quantitative estimate of drug-likeness (QED) is 0.893. The molecule has 0 aliphatic carbocycles. The molecule has 1 aromatic rings. The minimum Gasteiger partial charge on any atom is -0.350 e.